The molecule has 0 aromatic heterocycles. The normalized spacial score (nSPS) is 16.6. The third kappa shape index (κ3) is 2.91. The van der Waals surface area contributed by atoms with Crippen molar-refractivity contribution < 1.29 is 14.3 Å². The van der Waals surface area contributed by atoms with Gasteiger partial charge in [-0.3, -0.25) is 4.79 Å². The molecule has 1 fully saturated rings. The fourth-order valence-corrected chi connectivity index (χ4v) is 2.56. The Labute approximate surface area is 114 Å². The van der Waals surface area contributed by atoms with Crippen molar-refractivity contribution >= 4 is 5.97 Å². The van der Waals surface area contributed by atoms with Crippen molar-refractivity contribution in [1.29, 1.82) is 0 Å². The van der Waals surface area contributed by atoms with E-state index in [9.17, 15) is 4.79 Å². The van der Waals surface area contributed by atoms with Gasteiger partial charge in [-0.2, -0.15) is 0 Å². The predicted octanol–water partition coefficient (Wildman–Crippen LogP) is 3.48. The van der Waals surface area contributed by atoms with Gasteiger partial charge in [0.15, 0.2) is 0 Å². The van der Waals surface area contributed by atoms with Gasteiger partial charge in [0.1, 0.15) is 11.4 Å². The molecule has 1 aliphatic rings. The van der Waals surface area contributed by atoms with Gasteiger partial charge in [0.25, 0.3) is 0 Å². The van der Waals surface area contributed by atoms with Crippen LogP contribution in [-0.4, -0.2) is 18.7 Å². The minimum absolute atomic E-state index is 0.193. The van der Waals surface area contributed by atoms with E-state index in [4.69, 9.17) is 9.47 Å². The smallest absolute Gasteiger partial charge is 0.309 e. The summed E-state index contributed by atoms with van der Waals surface area (Å²) in [5.74, 6) is 0.711. The molecule has 19 heavy (non-hydrogen) atoms. The van der Waals surface area contributed by atoms with E-state index in [1.807, 2.05) is 0 Å². The van der Waals surface area contributed by atoms with E-state index in [0.29, 0.717) is 6.42 Å². The number of rotatable bonds is 4. The standard InChI is InChI=1S/C16H22O3/c1-11-8-12(2)13(3)14(9-11)19-16(6-5-7-16)10-15(17)18-4/h8-9H,5-7,10H2,1-4H3. The number of hydrogen-bond donors (Lipinski definition) is 0. The molecule has 0 atom stereocenters. The minimum Gasteiger partial charge on any atom is -0.486 e. The molecule has 0 bridgehead atoms. The van der Waals surface area contributed by atoms with Gasteiger partial charge in [-0.25, -0.2) is 0 Å². The number of carbonyl (C=O) groups excluding carboxylic acids is 1. The molecule has 104 valence electrons. The first-order valence-electron chi connectivity index (χ1n) is 6.79. The van der Waals surface area contributed by atoms with Gasteiger partial charge in [0.2, 0.25) is 0 Å². The lowest BCUT2D eigenvalue weighted by Crippen LogP contribution is -2.45. The number of aryl methyl sites for hydroxylation is 2. The molecule has 2 rings (SSSR count). The molecule has 0 unspecified atom stereocenters. The number of methoxy groups -OCH3 is 1. The molecule has 0 radical (unpaired) electrons. The number of hydrogen-bond acceptors (Lipinski definition) is 3. The average molecular weight is 262 g/mol. The maximum absolute atomic E-state index is 11.5. The van der Waals surface area contributed by atoms with E-state index in [-0.39, 0.29) is 11.6 Å². The molecule has 1 aromatic rings. The summed E-state index contributed by atoms with van der Waals surface area (Å²) >= 11 is 0. The average Bonchev–Trinajstić information content (AvgIpc) is 2.32. The summed E-state index contributed by atoms with van der Waals surface area (Å²) in [6.45, 7) is 6.21. The molecular formula is C16H22O3. The summed E-state index contributed by atoms with van der Waals surface area (Å²) in [5, 5.41) is 0. The van der Waals surface area contributed by atoms with Crippen LogP contribution in [0.15, 0.2) is 12.1 Å². The summed E-state index contributed by atoms with van der Waals surface area (Å²) < 4.78 is 11.0. The molecule has 0 spiro atoms. The SMILES string of the molecule is COC(=O)CC1(Oc2cc(C)cc(C)c2C)CCC1. The largest absolute Gasteiger partial charge is 0.486 e. The Balaban J connectivity index is 2.21. The summed E-state index contributed by atoms with van der Waals surface area (Å²) in [6, 6.07) is 4.20. The third-order valence-electron chi connectivity index (χ3n) is 4.05. The van der Waals surface area contributed by atoms with Gasteiger partial charge >= 0.3 is 5.97 Å². The van der Waals surface area contributed by atoms with Crippen molar-refractivity contribution in [3.63, 3.8) is 0 Å². The first-order chi connectivity index (χ1) is 8.96. The molecule has 0 heterocycles. The summed E-state index contributed by atoms with van der Waals surface area (Å²) in [4.78, 5) is 11.5. The zero-order valence-electron chi connectivity index (χ0n) is 12.2. The quantitative estimate of drug-likeness (QED) is 0.779. The summed E-state index contributed by atoms with van der Waals surface area (Å²) in [5.41, 5.74) is 3.22. The first kappa shape index (κ1) is 13.9. The number of esters is 1. The van der Waals surface area contributed by atoms with E-state index in [2.05, 4.69) is 32.9 Å². The first-order valence-corrected chi connectivity index (χ1v) is 6.79. The lowest BCUT2D eigenvalue weighted by molar-refractivity contribution is -0.148. The van der Waals surface area contributed by atoms with Gasteiger partial charge in [0, 0.05) is 0 Å². The number of ether oxygens (including phenoxy) is 2. The van der Waals surface area contributed by atoms with Gasteiger partial charge in [-0.05, 0) is 62.8 Å². The molecule has 0 saturated heterocycles. The van der Waals surface area contributed by atoms with E-state index in [1.165, 1.54) is 18.2 Å². The van der Waals surface area contributed by atoms with Gasteiger partial charge < -0.3 is 9.47 Å². The van der Waals surface area contributed by atoms with Crippen LogP contribution in [0.2, 0.25) is 0 Å². The van der Waals surface area contributed by atoms with Gasteiger partial charge in [-0.15, -0.1) is 0 Å². The zero-order chi connectivity index (χ0) is 14.0. The van der Waals surface area contributed by atoms with Crippen LogP contribution in [0, 0.1) is 20.8 Å². The summed E-state index contributed by atoms with van der Waals surface area (Å²) in [6.07, 6.45) is 3.31. The Bertz CT molecular complexity index is 487. The van der Waals surface area contributed by atoms with Crippen LogP contribution in [0.5, 0.6) is 5.75 Å². The molecule has 0 amide bonds. The van der Waals surface area contributed by atoms with E-state index < -0.39 is 0 Å². The second kappa shape index (κ2) is 5.24. The monoisotopic (exact) mass is 262 g/mol. The highest BCUT2D eigenvalue weighted by molar-refractivity contribution is 5.70. The highest BCUT2D eigenvalue weighted by atomic mass is 16.5. The lowest BCUT2D eigenvalue weighted by atomic mass is 9.77. The molecule has 3 heteroatoms. The van der Waals surface area contributed by atoms with E-state index >= 15 is 0 Å². The third-order valence-corrected chi connectivity index (χ3v) is 4.05. The fraction of sp³-hybridized carbons (Fsp3) is 0.562. The Morgan fingerprint density at radius 1 is 1.26 bits per heavy atom. The molecular weight excluding hydrogens is 240 g/mol. The summed E-state index contributed by atoms with van der Waals surface area (Å²) in [7, 11) is 1.43. The van der Waals surface area contributed by atoms with E-state index in [1.54, 1.807) is 0 Å². The Hall–Kier alpha value is -1.51. The molecule has 0 aliphatic heterocycles. The lowest BCUT2D eigenvalue weighted by Gasteiger charge is -2.41. The van der Waals surface area contributed by atoms with Crippen molar-refractivity contribution in [2.75, 3.05) is 7.11 Å². The number of carbonyl (C=O) groups is 1. The topological polar surface area (TPSA) is 35.5 Å². The highest BCUT2D eigenvalue weighted by Crippen LogP contribution is 2.41. The van der Waals surface area contributed by atoms with Crippen LogP contribution in [0.1, 0.15) is 42.4 Å². The second-order valence-electron chi connectivity index (χ2n) is 5.60. The van der Waals surface area contributed by atoms with Crippen molar-refractivity contribution in [3.05, 3.63) is 28.8 Å². The fourth-order valence-electron chi connectivity index (χ4n) is 2.56. The van der Waals surface area contributed by atoms with Crippen molar-refractivity contribution in [2.45, 2.75) is 52.1 Å². The number of benzene rings is 1. The highest BCUT2D eigenvalue weighted by Gasteiger charge is 2.42. The maximum Gasteiger partial charge on any atom is 0.309 e. The van der Waals surface area contributed by atoms with Crippen LogP contribution in [0.4, 0.5) is 0 Å². The molecule has 3 nitrogen and oxygen atoms in total. The Kier molecular flexibility index (Phi) is 3.83. The predicted molar refractivity (Wildman–Crippen MR) is 74.5 cm³/mol. The molecule has 1 aromatic carbocycles. The zero-order valence-corrected chi connectivity index (χ0v) is 12.2. The minimum atomic E-state index is -0.349. The van der Waals surface area contributed by atoms with Crippen LogP contribution < -0.4 is 4.74 Å². The molecule has 1 aliphatic carbocycles. The molecule has 0 N–H and O–H groups in total. The molecule has 1 saturated carbocycles. The van der Waals surface area contributed by atoms with E-state index in [0.717, 1.165) is 30.6 Å². The van der Waals surface area contributed by atoms with Crippen LogP contribution in [-0.2, 0) is 9.53 Å². The Morgan fingerprint density at radius 2 is 1.95 bits per heavy atom. The van der Waals surface area contributed by atoms with Crippen LogP contribution >= 0.6 is 0 Å². The Morgan fingerprint density at radius 3 is 2.47 bits per heavy atom. The maximum atomic E-state index is 11.5. The van der Waals surface area contributed by atoms with Crippen molar-refractivity contribution in [3.8, 4) is 5.75 Å². The van der Waals surface area contributed by atoms with Crippen LogP contribution in [0.25, 0.3) is 0 Å². The van der Waals surface area contributed by atoms with Crippen molar-refractivity contribution in [1.82, 2.24) is 0 Å². The van der Waals surface area contributed by atoms with Gasteiger partial charge in [0.05, 0.1) is 13.5 Å². The second-order valence-corrected chi connectivity index (χ2v) is 5.60. The van der Waals surface area contributed by atoms with Crippen LogP contribution in [0.3, 0.4) is 0 Å². The van der Waals surface area contributed by atoms with Crippen molar-refractivity contribution in [2.24, 2.45) is 0 Å². The van der Waals surface area contributed by atoms with Gasteiger partial charge in [-0.1, -0.05) is 6.07 Å².